The highest BCUT2D eigenvalue weighted by atomic mass is 32.2. The topological polar surface area (TPSA) is 67.3 Å². The van der Waals surface area contributed by atoms with Gasteiger partial charge in [-0.2, -0.15) is 0 Å². The van der Waals surface area contributed by atoms with Crippen LogP contribution in [0.1, 0.15) is 32.3 Å². The van der Waals surface area contributed by atoms with Crippen LogP contribution in [0.2, 0.25) is 0 Å². The first-order valence-electron chi connectivity index (χ1n) is 5.45. The minimum absolute atomic E-state index is 0.261. The van der Waals surface area contributed by atoms with Crippen LogP contribution in [0.3, 0.4) is 0 Å². The van der Waals surface area contributed by atoms with Gasteiger partial charge in [-0.05, 0) is 31.5 Å². The van der Waals surface area contributed by atoms with Gasteiger partial charge >= 0.3 is 0 Å². The average molecular weight is 257 g/mol. The predicted molar refractivity (Wildman–Crippen MR) is 67.6 cm³/mol. The van der Waals surface area contributed by atoms with Gasteiger partial charge in [0.15, 0.2) is 9.84 Å². The first-order valence-corrected chi connectivity index (χ1v) is 7.34. The summed E-state index contributed by atoms with van der Waals surface area (Å²) in [4.78, 5) is 3.90. The lowest BCUT2D eigenvalue weighted by Crippen LogP contribution is -2.46. The lowest BCUT2D eigenvalue weighted by atomic mass is 9.89. The second-order valence-corrected chi connectivity index (χ2v) is 7.49. The van der Waals surface area contributed by atoms with Gasteiger partial charge in [-0.1, -0.05) is 6.92 Å². The molecule has 96 valence electrons. The molecule has 0 bridgehead atoms. The summed E-state index contributed by atoms with van der Waals surface area (Å²) in [5.74, 6) is -0.261. The summed E-state index contributed by atoms with van der Waals surface area (Å²) < 4.78 is 22.1. The van der Waals surface area contributed by atoms with Gasteiger partial charge < -0.3 is 5.11 Å². The molecule has 0 amide bonds. The number of hydrogen-bond donors (Lipinski definition) is 1. The van der Waals surface area contributed by atoms with Crippen molar-refractivity contribution in [3.63, 3.8) is 0 Å². The molecule has 0 aliphatic heterocycles. The Hall–Kier alpha value is -0.940. The van der Waals surface area contributed by atoms with Gasteiger partial charge in [0.2, 0.25) is 0 Å². The fourth-order valence-corrected chi connectivity index (χ4v) is 2.31. The van der Waals surface area contributed by atoms with E-state index in [4.69, 9.17) is 0 Å². The summed E-state index contributed by atoms with van der Waals surface area (Å²) >= 11 is 0. The molecule has 17 heavy (non-hydrogen) atoms. The number of aromatic nitrogens is 1. The molecule has 0 saturated carbocycles. The van der Waals surface area contributed by atoms with Gasteiger partial charge in [0.1, 0.15) is 0 Å². The Kier molecular flexibility index (Phi) is 3.94. The quantitative estimate of drug-likeness (QED) is 0.884. The number of rotatable bonds is 4. The van der Waals surface area contributed by atoms with E-state index in [1.54, 1.807) is 38.4 Å². The molecule has 0 saturated heterocycles. The molecule has 1 aromatic rings. The summed E-state index contributed by atoms with van der Waals surface area (Å²) in [6, 6.07) is 3.57. The van der Waals surface area contributed by atoms with Gasteiger partial charge in [0, 0.05) is 24.6 Å². The van der Waals surface area contributed by atoms with E-state index in [2.05, 4.69) is 4.98 Å². The lowest BCUT2D eigenvalue weighted by Gasteiger charge is -2.32. The fourth-order valence-electron chi connectivity index (χ4n) is 1.67. The van der Waals surface area contributed by atoms with E-state index in [0.29, 0.717) is 0 Å². The van der Waals surface area contributed by atoms with E-state index in [-0.39, 0.29) is 5.92 Å². The predicted octanol–water partition coefficient (Wildman–Crippen LogP) is 1.37. The molecule has 1 rings (SSSR count). The van der Waals surface area contributed by atoms with E-state index in [1.807, 2.05) is 6.92 Å². The summed E-state index contributed by atoms with van der Waals surface area (Å²) in [5.41, 5.74) is 0.879. The van der Waals surface area contributed by atoms with Crippen molar-refractivity contribution in [3.8, 4) is 0 Å². The van der Waals surface area contributed by atoms with Crippen LogP contribution in [0.5, 0.6) is 0 Å². The van der Waals surface area contributed by atoms with Crippen LogP contribution < -0.4 is 0 Å². The number of nitrogens with zero attached hydrogens (tertiary/aromatic N) is 1. The summed E-state index contributed by atoms with van der Waals surface area (Å²) in [6.45, 7) is 4.91. The highest BCUT2D eigenvalue weighted by Crippen LogP contribution is 2.30. The van der Waals surface area contributed by atoms with Crippen LogP contribution in [0.25, 0.3) is 0 Å². The molecule has 0 aliphatic carbocycles. The van der Waals surface area contributed by atoms with E-state index in [1.165, 1.54) is 0 Å². The second kappa shape index (κ2) is 4.74. The van der Waals surface area contributed by atoms with Crippen molar-refractivity contribution in [2.24, 2.45) is 0 Å². The molecule has 1 aromatic heterocycles. The maximum atomic E-state index is 11.7. The zero-order valence-electron chi connectivity index (χ0n) is 10.6. The average Bonchev–Trinajstić information content (AvgIpc) is 2.26. The Labute approximate surface area is 103 Å². The van der Waals surface area contributed by atoms with Crippen molar-refractivity contribution < 1.29 is 13.5 Å². The van der Waals surface area contributed by atoms with Crippen LogP contribution in [-0.2, 0) is 9.84 Å². The smallest absolute Gasteiger partial charge is 0.155 e. The second-order valence-electron chi connectivity index (χ2n) is 4.89. The molecule has 2 unspecified atom stereocenters. The third-order valence-corrected chi connectivity index (χ3v) is 5.53. The first kappa shape index (κ1) is 14.1. The number of aliphatic hydroxyl groups is 1. The van der Waals surface area contributed by atoms with E-state index < -0.39 is 20.7 Å². The van der Waals surface area contributed by atoms with Crippen LogP contribution in [0.15, 0.2) is 24.5 Å². The molecular formula is C12H19NO3S. The van der Waals surface area contributed by atoms with Gasteiger partial charge in [-0.3, -0.25) is 4.98 Å². The molecule has 0 aliphatic rings. The van der Waals surface area contributed by atoms with Crippen LogP contribution in [-0.4, -0.2) is 35.6 Å². The highest BCUT2D eigenvalue weighted by molar-refractivity contribution is 7.92. The minimum atomic E-state index is -3.32. The maximum Gasteiger partial charge on any atom is 0.155 e. The largest absolute Gasteiger partial charge is 0.391 e. The Morgan fingerprint density at radius 2 is 1.76 bits per heavy atom. The zero-order valence-corrected chi connectivity index (χ0v) is 11.4. The molecular weight excluding hydrogens is 238 g/mol. The zero-order chi connectivity index (χ0) is 13.3. The highest BCUT2D eigenvalue weighted by Gasteiger charge is 2.41. The fraction of sp³-hybridized carbons (Fsp3) is 0.583. The van der Waals surface area contributed by atoms with Crippen molar-refractivity contribution in [1.82, 2.24) is 4.98 Å². The Morgan fingerprint density at radius 1 is 1.29 bits per heavy atom. The minimum Gasteiger partial charge on any atom is -0.391 e. The maximum absolute atomic E-state index is 11.7. The Balaban J connectivity index is 3.03. The van der Waals surface area contributed by atoms with Crippen LogP contribution in [0, 0.1) is 0 Å². The van der Waals surface area contributed by atoms with E-state index in [9.17, 15) is 13.5 Å². The molecule has 1 heterocycles. The normalized spacial score (nSPS) is 16.5. The third-order valence-electron chi connectivity index (χ3n) is 3.37. The van der Waals surface area contributed by atoms with Crippen molar-refractivity contribution in [1.29, 1.82) is 0 Å². The molecule has 4 nitrogen and oxygen atoms in total. The molecule has 1 N–H and O–H groups in total. The van der Waals surface area contributed by atoms with E-state index in [0.717, 1.165) is 11.8 Å². The van der Waals surface area contributed by atoms with Gasteiger partial charge in [0.05, 0.1) is 10.9 Å². The molecule has 0 radical (unpaired) electrons. The number of pyridine rings is 1. The van der Waals surface area contributed by atoms with Crippen LogP contribution >= 0.6 is 0 Å². The summed E-state index contributed by atoms with van der Waals surface area (Å²) in [7, 11) is -3.32. The number of sulfone groups is 1. The Bertz CT molecular complexity index is 468. The third kappa shape index (κ3) is 2.84. The van der Waals surface area contributed by atoms with Gasteiger partial charge in [-0.25, -0.2) is 8.42 Å². The number of hydrogen-bond acceptors (Lipinski definition) is 4. The molecule has 0 aromatic carbocycles. The monoisotopic (exact) mass is 257 g/mol. The first-order chi connectivity index (χ1) is 7.68. The van der Waals surface area contributed by atoms with Crippen molar-refractivity contribution in [3.05, 3.63) is 30.1 Å². The molecule has 5 heteroatoms. The Morgan fingerprint density at radius 3 is 2.18 bits per heavy atom. The molecule has 2 atom stereocenters. The lowest BCUT2D eigenvalue weighted by molar-refractivity contribution is 0.114. The van der Waals surface area contributed by atoms with Gasteiger partial charge in [-0.15, -0.1) is 0 Å². The SMILES string of the molecule is CC(c1ccncc1)C(O)C(C)(C)S(C)(=O)=O. The number of aliphatic hydroxyl groups excluding tert-OH is 1. The van der Waals surface area contributed by atoms with Crippen molar-refractivity contribution >= 4 is 9.84 Å². The summed E-state index contributed by atoms with van der Waals surface area (Å²) in [5, 5.41) is 10.2. The molecule has 0 fully saturated rings. The summed E-state index contributed by atoms with van der Waals surface area (Å²) in [6.07, 6.45) is 3.45. The van der Waals surface area contributed by atoms with E-state index >= 15 is 0 Å². The van der Waals surface area contributed by atoms with Crippen molar-refractivity contribution in [2.45, 2.75) is 37.5 Å². The molecule has 0 spiro atoms. The van der Waals surface area contributed by atoms with Gasteiger partial charge in [0.25, 0.3) is 0 Å². The van der Waals surface area contributed by atoms with Crippen LogP contribution in [0.4, 0.5) is 0 Å². The standard InChI is InChI=1S/C12H19NO3S/c1-9(10-5-7-13-8-6-10)11(14)12(2,3)17(4,15)16/h5-9,11,14H,1-4H3. The van der Waals surface area contributed by atoms with Crippen molar-refractivity contribution in [2.75, 3.05) is 6.26 Å².